The molecule has 1 fully saturated rings. The quantitative estimate of drug-likeness (QED) is 0.780. The zero-order chi connectivity index (χ0) is 15.9. The molecule has 0 bridgehead atoms. The third kappa shape index (κ3) is 4.73. The Hall–Kier alpha value is -1.04. The Balaban J connectivity index is 1.79. The van der Waals surface area contributed by atoms with Gasteiger partial charge in [0.05, 0.1) is 6.10 Å². The van der Waals surface area contributed by atoms with E-state index in [-0.39, 0.29) is 23.7 Å². The molecule has 0 spiro atoms. The lowest BCUT2D eigenvalue weighted by Gasteiger charge is -2.22. The van der Waals surface area contributed by atoms with Gasteiger partial charge in [-0.15, -0.1) is 0 Å². The summed E-state index contributed by atoms with van der Waals surface area (Å²) in [5.74, 6) is -0.317. The molecule has 22 heavy (non-hydrogen) atoms. The van der Waals surface area contributed by atoms with E-state index in [0.29, 0.717) is 25.0 Å². The molecule has 2 unspecified atom stereocenters. The van der Waals surface area contributed by atoms with E-state index in [0.717, 1.165) is 25.9 Å². The van der Waals surface area contributed by atoms with Crippen molar-refractivity contribution in [3.8, 4) is 0 Å². The van der Waals surface area contributed by atoms with Gasteiger partial charge in [-0.25, -0.2) is 4.39 Å². The molecule has 2 atom stereocenters. The van der Waals surface area contributed by atoms with Crippen LogP contribution in [0.5, 0.6) is 0 Å². The number of hydrogen-bond acceptors (Lipinski definition) is 4. The van der Waals surface area contributed by atoms with Crippen molar-refractivity contribution in [2.24, 2.45) is 0 Å². The van der Waals surface area contributed by atoms with Crippen molar-refractivity contribution in [2.75, 3.05) is 13.2 Å². The van der Waals surface area contributed by atoms with Gasteiger partial charge in [0, 0.05) is 19.4 Å². The second-order valence-electron chi connectivity index (χ2n) is 6.08. The minimum atomic E-state index is -0.894. The second-order valence-corrected chi connectivity index (χ2v) is 6.08. The lowest BCUT2D eigenvalue weighted by Crippen LogP contribution is -2.22. The number of nitrogens with zero attached hydrogens (tertiary/aromatic N) is 1. The largest absolute Gasteiger partial charge is 0.387 e. The molecule has 0 radical (unpaired) electrons. The Morgan fingerprint density at radius 2 is 2.27 bits per heavy atom. The summed E-state index contributed by atoms with van der Waals surface area (Å²) in [5, 5.41) is 10.2. The first kappa shape index (κ1) is 17.3. The van der Waals surface area contributed by atoms with Gasteiger partial charge in [-0.05, 0) is 49.7 Å². The van der Waals surface area contributed by atoms with Crippen LogP contribution in [0.2, 0.25) is 0 Å². The fourth-order valence-corrected chi connectivity index (χ4v) is 2.62. The number of aliphatic hydroxyl groups excluding tert-OH is 1. The molecule has 1 aromatic heterocycles. The van der Waals surface area contributed by atoms with E-state index >= 15 is 0 Å². The van der Waals surface area contributed by atoms with E-state index in [1.54, 1.807) is 12.3 Å². The Bertz CT molecular complexity index is 461. The van der Waals surface area contributed by atoms with Crippen LogP contribution in [0, 0.1) is 5.82 Å². The summed E-state index contributed by atoms with van der Waals surface area (Å²) in [6, 6.07) is 1.67. The number of pyridine rings is 1. The van der Waals surface area contributed by atoms with Crippen molar-refractivity contribution in [1.82, 2.24) is 4.98 Å². The number of halogens is 1. The first-order valence-corrected chi connectivity index (χ1v) is 8.15. The second kappa shape index (κ2) is 8.56. The van der Waals surface area contributed by atoms with Crippen LogP contribution in [-0.4, -0.2) is 29.6 Å². The molecular weight excluding hydrogens is 285 g/mol. The molecule has 2 rings (SSSR count). The van der Waals surface area contributed by atoms with Gasteiger partial charge < -0.3 is 14.6 Å². The van der Waals surface area contributed by atoms with Crippen LogP contribution >= 0.6 is 0 Å². The van der Waals surface area contributed by atoms with Gasteiger partial charge in [0.1, 0.15) is 5.69 Å². The highest BCUT2D eigenvalue weighted by Gasteiger charge is 2.19. The summed E-state index contributed by atoms with van der Waals surface area (Å²) in [5.41, 5.74) is 0.732. The first-order valence-electron chi connectivity index (χ1n) is 8.15. The number of aliphatic hydroxyl groups is 1. The molecule has 0 amide bonds. The molecule has 1 saturated heterocycles. The van der Waals surface area contributed by atoms with Crippen molar-refractivity contribution in [3.63, 3.8) is 0 Å². The topological polar surface area (TPSA) is 51.6 Å². The summed E-state index contributed by atoms with van der Waals surface area (Å²) in [6.45, 7) is 5.11. The predicted molar refractivity (Wildman–Crippen MR) is 82.0 cm³/mol. The molecule has 5 heteroatoms. The fraction of sp³-hybridized carbons (Fsp3) is 0.706. The maximum atomic E-state index is 14.3. The molecule has 1 aliphatic rings. The molecule has 1 N–H and O–H groups in total. The van der Waals surface area contributed by atoms with Crippen LogP contribution in [0.3, 0.4) is 0 Å². The molecule has 1 aromatic rings. The monoisotopic (exact) mass is 311 g/mol. The van der Waals surface area contributed by atoms with Crippen LogP contribution < -0.4 is 0 Å². The van der Waals surface area contributed by atoms with Crippen LogP contribution in [0.25, 0.3) is 0 Å². The predicted octanol–water partition coefficient (Wildman–Crippen LogP) is 3.70. The number of aromatic nitrogens is 1. The maximum Gasteiger partial charge on any atom is 0.157 e. The Kier molecular flexibility index (Phi) is 6.73. The highest BCUT2D eigenvalue weighted by molar-refractivity contribution is 5.23. The van der Waals surface area contributed by atoms with Gasteiger partial charge in [-0.3, -0.25) is 4.98 Å². The van der Waals surface area contributed by atoms with Crippen molar-refractivity contribution >= 4 is 0 Å². The minimum absolute atomic E-state index is 0.0701. The molecular formula is C17H26FNO3. The van der Waals surface area contributed by atoms with E-state index in [4.69, 9.17) is 9.47 Å². The third-order valence-corrected chi connectivity index (χ3v) is 3.95. The van der Waals surface area contributed by atoms with Gasteiger partial charge in [-0.1, -0.05) is 13.8 Å². The van der Waals surface area contributed by atoms with E-state index in [9.17, 15) is 9.50 Å². The molecule has 2 heterocycles. The third-order valence-electron chi connectivity index (χ3n) is 3.95. The molecule has 0 aliphatic carbocycles. The zero-order valence-electron chi connectivity index (χ0n) is 13.4. The van der Waals surface area contributed by atoms with Crippen molar-refractivity contribution < 1.29 is 19.0 Å². The number of hydrogen-bond donors (Lipinski definition) is 1. The molecule has 0 aromatic carbocycles. The minimum Gasteiger partial charge on any atom is -0.387 e. The van der Waals surface area contributed by atoms with Gasteiger partial charge in [0.25, 0.3) is 0 Å². The van der Waals surface area contributed by atoms with Crippen LogP contribution in [0.1, 0.15) is 69.2 Å². The first-order chi connectivity index (χ1) is 10.6. The average Bonchev–Trinajstić information content (AvgIpc) is 2.52. The number of rotatable bonds is 7. The highest BCUT2D eigenvalue weighted by Crippen LogP contribution is 2.25. The Labute approximate surface area is 131 Å². The fourth-order valence-electron chi connectivity index (χ4n) is 2.62. The van der Waals surface area contributed by atoms with Gasteiger partial charge >= 0.3 is 0 Å². The van der Waals surface area contributed by atoms with Crippen LogP contribution in [0.15, 0.2) is 12.3 Å². The Morgan fingerprint density at radius 1 is 1.45 bits per heavy atom. The molecule has 124 valence electrons. The zero-order valence-corrected chi connectivity index (χ0v) is 13.4. The van der Waals surface area contributed by atoms with E-state index in [1.807, 2.05) is 13.8 Å². The van der Waals surface area contributed by atoms with Crippen molar-refractivity contribution in [1.29, 1.82) is 0 Å². The SMILES string of the molecule is CC(C)c1ccnc(C(O)CCCOC2CCCCO2)c1F. The molecule has 1 aliphatic heterocycles. The normalized spacial score (nSPS) is 20.3. The lowest BCUT2D eigenvalue weighted by atomic mass is 10.0. The summed E-state index contributed by atoms with van der Waals surface area (Å²) in [7, 11) is 0. The molecule has 4 nitrogen and oxygen atoms in total. The van der Waals surface area contributed by atoms with Crippen LogP contribution in [-0.2, 0) is 9.47 Å². The highest BCUT2D eigenvalue weighted by atomic mass is 19.1. The van der Waals surface area contributed by atoms with Gasteiger partial charge in [0.15, 0.2) is 12.1 Å². The summed E-state index contributed by atoms with van der Waals surface area (Å²) in [6.07, 6.45) is 4.77. The van der Waals surface area contributed by atoms with Gasteiger partial charge in [0.2, 0.25) is 0 Å². The number of ether oxygens (including phenoxy) is 2. The summed E-state index contributed by atoms with van der Waals surface area (Å²) in [4.78, 5) is 4.00. The smallest absolute Gasteiger partial charge is 0.157 e. The van der Waals surface area contributed by atoms with E-state index < -0.39 is 6.10 Å². The van der Waals surface area contributed by atoms with Crippen molar-refractivity contribution in [2.45, 2.75) is 64.3 Å². The summed E-state index contributed by atoms with van der Waals surface area (Å²) >= 11 is 0. The average molecular weight is 311 g/mol. The van der Waals surface area contributed by atoms with Gasteiger partial charge in [-0.2, -0.15) is 0 Å². The molecule has 0 saturated carbocycles. The van der Waals surface area contributed by atoms with E-state index in [2.05, 4.69) is 4.98 Å². The maximum absolute atomic E-state index is 14.3. The Morgan fingerprint density at radius 3 is 2.95 bits per heavy atom. The van der Waals surface area contributed by atoms with Crippen molar-refractivity contribution in [3.05, 3.63) is 29.3 Å². The lowest BCUT2D eigenvalue weighted by molar-refractivity contribution is -0.163. The standard InChI is InChI=1S/C17H26FNO3/c1-12(2)13-8-9-19-17(16(13)18)14(20)6-5-11-22-15-7-3-4-10-21-15/h8-9,12,14-15,20H,3-7,10-11H2,1-2H3. The van der Waals surface area contributed by atoms with Crippen LogP contribution in [0.4, 0.5) is 4.39 Å². The van der Waals surface area contributed by atoms with E-state index in [1.165, 1.54) is 0 Å². The summed E-state index contributed by atoms with van der Waals surface area (Å²) < 4.78 is 25.4.